The summed E-state index contributed by atoms with van der Waals surface area (Å²) in [5.74, 6) is -2.33. The van der Waals surface area contributed by atoms with Crippen molar-refractivity contribution in [3.05, 3.63) is 57.2 Å². The van der Waals surface area contributed by atoms with Gasteiger partial charge < -0.3 is 15.2 Å². The van der Waals surface area contributed by atoms with Gasteiger partial charge in [0.05, 0.1) is 18.2 Å². The number of ether oxygens (including phenoxy) is 1. The number of esters is 1. The number of fused-ring (bicyclic) bond motifs is 1. The van der Waals surface area contributed by atoms with Gasteiger partial charge in [0.1, 0.15) is 0 Å². The standard InChI is InChI=1S/C20H19NO5S/c1-9-16(11(3)22)18(17(10(2)21-9)20(25)26-4)14-8-27-15-6-5-12(19(23)24)7-13(14)15/h5-8,18,21H,1-4H3,(H,23,24). The zero-order valence-electron chi connectivity index (χ0n) is 15.4. The first-order valence-corrected chi connectivity index (χ1v) is 9.16. The molecule has 1 aliphatic heterocycles. The summed E-state index contributed by atoms with van der Waals surface area (Å²) in [5.41, 5.74) is 3.00. The SMILES string of the molecule is COC(=O)C1=C(C)NC(C)=C(C(C)=O)C1c1csc2ccc(C(=O)O)cc12. The molecule has 0 fully saturated rings. The fourth-order valence-electron chi connectivity index (χ4n) is 3.56. The van der Waals surface area contributed by atoms with Gasteiger partial charge in [-0.1, -0.05) is 0 Å². The minimum atomic E-state index is -1.03. The maximum absolute atomic E-state index is 12.5. The molecular weight excluding hydrogens is 366 g/mol. The van der Waals surface area contributed by atoms with Gasteiger partial charge in [-0.05, 0) is 55.3 Å². The van der Waals surface area contributed by atoms with Crippen molar-refractivity contribution in [1.29, 1.82) is 0 Å². The molecule has 1 atom stereocenters. The van der Waals surface area contributed by atoms with Gasteiger partial charge in [0.25, 0.3) is 0 Å². The second-order valence-electron chi connectivity index (χ2n) is 6.39. The lowest BCUT2D eigenvalue weighted by atomic mass is 9.79. The number of dihydropyridines is 1. The molecule has 0 amide bonds. The molecule has 0 saturated carbocycles. The molecule has 27 heavy (non-hydrogen) atoms. The van der Waals surface area contributed by atoms with Crippen LogP contribution in [0.3, 0.4) is 0 Å². The first kappa shape index (κ1) is 18.8. The van der Waals surface area contributed by atoms with E-state index in [1.165, 1.54) is 25.4 Å². The number of carboxylic acids is 1. The molecule has 2 N–H and O–H groups in total. The van der Waals surface area contributed by atoms with Crippen molar-refractivity contribution in [2.45, 2.75) is 26.7 Å². The Kier molecular flexibility index (Phi) is 4.89. The predicted octanol–water partition coefficient (Wildman–Crippen LogP) is 3.60. The van der Waals surface area contributed by atoms with Gasteiger partial charge in [0, 0.05) is 27.6 Å². The van der Waals surface area contributed by atoms with Crippen molar-refractivity contribution >= 4 is 39.1 Å². The summed E-state index contributed by atoms with van der Waals surface area (Å²) in [5, 5.41) is 15.0. The number of thiophene rings is 1. The Hall–Kier alpha value is -2.93. The van der Waals surface area contributed by atoms with E-state index in [0.29, 0.717) is 27.9 Å². The number of carbonyl (C=O) groups excluding carboxylic acids is 2. The summed E-state index contributed by atoms with van der Waals surface area (Å²) >= 11 is 1.44. The smallest absolute Gasteiger partial charge is 0.336 e. The first-order valence-electron chi connectivity index (χ1n) is 8.28. The third-order valence-corrected chi connectivity index (χ3v) is 5.69. The van der Waals surface area contributed by atoms with E-state index in [1.54, 1.807) is 32.0 Å². The number of nitrogens with one attached hydrogen (secondary N) is 1. The number of allylic oxidation sites excluding steroid dienone is 3. The average molecular weight is 385 g/mol. The van der Waals surface area contributed by atoms with E-state index < -0.39 is 17.9 Å². The molecule has 1 aliphatic rings. The summed E-state index contributed by atoms with van der Waals surface area (Å²) < 4.78 is 5.85. The zero-order valence-corrected chi connectivity index (χ0v) is 16.2. The van der Waals surface area contributed by atoms with E-state index in [1.807, 2.05) is 5.38 Å². The second-order valence-corrected chi connectivity index (χ2v) is 7.30. The van der Waals surface area contributed by atoms with E-state index in [4.69, 9.17) is 4.74 Å². The van der Waals surface area contributed by atoms with Gasteiger partial charge in [-0.25, -0.2) is 9.59 Å². The third-order valence-electron chi connectivity index (χ3n) is 4.71. The molecular formula is C20H19NO5S. The van der Waals surface area contributed by atoms with Gasteiger partial charge >= 0.3 is 11.9 Å². The molecule has 0 aliphatic carbocycles. The van der Waals surface area contributed by atoms with Gasteiger partial charge in [0.15, 0.2) is 5.78 Å². The van der Waals surface area contributed by atoms with Crippen LogP contribution in [0.1, 0.15) is 42.6 Å². The van der Waals surface area contributed by atoms with Crippen LogP contribution in [0.5, 0.6) is 0 Å². The Balaban J connectivity index is 2.32. The quantitative estimate of drug-likeness (QED) is 0.782. The molecule has 3 rings (SSSR count). The van der Waals surface area contributed by atoms with Crippen LogP contribution in [0.15, 0.2) is 46.1 Å². The predicted molar refractivity (Wildman–Crippen MR) is 103 cm³/mol. The molecule has 1 unspecified atom stereocenters. The maximum atomic E-state index is 12.5. The number of hydrogen-bond donors (Lipinski definition) is 2. The van der Waals surface area contributed by atoms with Gasteiger partial charge in [-0.3, -0.25) is 4.79 Å². The highest BCUT2D eigenvalue weighted by Gasteiger charge is 2.36. The lowest BCUT2D eigenvalue weighted by Gasteiger charge is -2.30. The summed E-state index contributed by atoms with van der Waals surface area (Å²) in [6.45, 7) is 5.01. The van der Waals surface area contributed by atoms with Crippen molar-refractivity contribution in [1.82, 2.24) is 5.32 Å². The van der Waals surface area contributed by atoms with Crippen LogP contribution in [0.2, 0.25) is 0 Å². The van der Waals surface area contributed by atoms with Crippen LogP contribution in [-0.4, -0.2) is 29.9 Å². The van der Waals surface area contributed by atoms with Crippen molar-refractivity contribution in [2.75, 3.05) is 7.11 Å². The van der Waals surface area contributed by atoms with Gasteiger partial charge in [-0.2, -0.15) is 0 Å². The fraction of sp³-hybridized carbons (Fsp3) is 0.250. The Labute approximate surface area is 160 Å². The van der Waals surface area contributed by atoms with Crippen molar-refractivity contribution in [2.24, 2.45) is 0 Å². The number of benzene rings is 1. The molecule has 0 spiro atoms. The molecule has 0 bridgehead atoms. The molecule has 0 radical (unpaired) electrons. The van der Waals surface area contributed by atoms with Gasteiger partial charge in [-0.15, -0.1) is 11.3 Å². The lowest BCUT2D eigenvalue weighted by Crippen LogP contribution is -2.30. The number of rotatable bonds is 4. The van der Waals surface area contributed by atoms with E-state index in [2.05, 4.69) is 5.32 Å². The minimum Gasteiger partial charge on any atom is -0.478 e. The third kappa shape index (κ3) is 3.14. The van der Waals surface area contributed by atoms with E-state index >= 15 is 0 Å². The van der Waals surface area contributed by atoms with E-state index in [-0.39, 0.29) is 11.3 Å². The van der Waals surface area contributed by atoms with Gasteiger partial charge in [0.2, 0.25) is 0 Å². The highest BCUT2D eigenvalue weighted by molar-refractivity contribution is 7.17. The molecule has 2 heterocycles. The number of aromatic carboxylic acids is 1. The fourth-order valence-corrected chi connectivity index (χ4v) is 4.53. The second kappa shape index (κ2) is 7.00. The minimum absolute atomic E-state index is 0.154. The summed E-state index contributed by atoms with van der Waals surface area (Å²) in [4.78, 5) is 36.3. The highest BCUT2D eigenvalue weighted by Crippen LogP contribution is 2.43. The van der Waals surface area contributed by atoms with Crippen molar-refractivity contribution in [3.8, 4) is 0 Å². The molecule has 2 aromatic rings. The Bertz CT molecular complexity index is 1040. The van der Waals surface area contributed by atoms with Crippen LogP contribution in [0.4, 0.5) is 0 Å². The molecule has 1 aromatic heterocycles. The van der Waals surface area contributed by atoms with E-state index in [0.717, 1.165) is 10.3 Å². The Morgan fingerprint density at radius 2 is 1.81 bits per heavy atom. The van der Waals surface area contributed by atoms with Crippen molar-refractivity contribution < 1.29 is 24.2 Å². The van der Waals surface area contributed by atoms with Crippen LogP contribution >= 0.6 is 11.3 Å². The Morgan fingerprint density at radius 1 is 1.15 bits per heavy atom. The topological polar surface area (TPSA) is 92.7 Å². The largest absolute Gasteiger partial charge is 0.478 e. The summed E-state index contributed by atoms with van der Waals surface area (Å²) in [6.07, 6.45) is 0. The number of Topliss-reactive ketones (excluding diaryl/α,β-unsaturated/α-hetero) is 1. The monoisotopic (exact) mass is 385 g/mol. The number of carboxylic acid groups (broad SMARTS) is 1. The molecule has 0 saturated heterocycles. The number of hydrogen-bond acceptors (Lipinski definition) is 6. The Morgan fingerprint density at radius 3 is 2.41 bits per heavy atom. The highest BCUT2D eigenvalue weighted by atomic mass is 32.1. The van der Waals surface area contributed by atoms with Crippen LogP contribution in [-0.2, 0) is 14.3 Å². The first-order chi connectivity index (χ1) is 12.8. The number of methoxy groups -OCH3 is 1. The molecule has 7 heteroatoms. The average Bonchev–Trinajstić information content (AvgIpc) is 3.02. The summed E-state index contributed by atoms with van der Waals surface area (Å²) in [7, 11) is 1.30. The lowest BCUT2D eigenvalue weighted by molar-refractivity contribution is -0.136. The zero-order chi connectivity index (χ0) is 19.9. The summed E-state index contributed by atoms with van der Waals surface area (Å²) in [6, 6.07) is 4.87. The van der Waals surface area contributed by atoms with E-state index in [9.17, 15) is 19.5 Å². The van der Waals surface area contributed by atoms with Crippen LogP contribution in [0.25, 0.3) is 10.1 Å². The van der Waals surface area contributed by atoms with Crippen LogP contribution < -0.4 is 5.32 Å². The number of carbonyl (C=O) groups is 3. The maximum Gasteiger partial charge on any atom is 0.336 e. The molecule has 1 aromatic carbocycles. The molecule has 140 valence electrons. The van der Waals surface area contributed by atoms with Crippen molar-refractivity contribution in [3.63, 3.8) is 0 Å². The van der Waals surface area contributed by atoms with Crippen LogP contribution in [0, 0.1) is 0 Å². The number of ketones is 1. The molecule has 6 nitrogen and oxygen atoms in total. The normalized spacial score (nSPS) is 17.1.